The fourth-order valence-corrected chi connectivity index (χ4v) is 4.31. The third-order valence-corrected chi connectivity index (χ3v) is 6.50. The van der Waals surface area contributed by atoms with Crippen molar-refractivity contribution in [3.8, 4) is 0 Å². The summed E-state index contributed by atoms with van der Waals surface area (Å²) in [5, 5.41) is 14.6. The van der Waals surface area contributed by atoms with E-state index in [2.05, 4.69) is 20.8 Å². The lowest BCUT2D eigenvalue weighted by molar-refractivity contribution is -0.899. The molecule has 2 aromatic rings. The Morgan fingerprint density at radius 1 is 1.14 bits per heavy atom. The van der Waals surface area contributed by atoms with Crippen molar-refractivity contribution >= 4 is 68.9 Å². The van der Waals surface area contributed by atoms with Crippen molar-refractivity contribution in [1.82, 2.24) is 10.2 Å². The van der Waals surface area contributed by atoms with Gasteiger partial charge in [0, 0.05) is 5.69 Å². The van der Waals surface area contributed by atoms with Gasteiger partial charge in [0.25, 0.3) is 5.91 Å². The summed E-state index contributed by atoms with van der Waals surface area (Å²) in [6, 6.07) is 4.87. The van der Waals surface area contributed by atoms with E-state index < -0.39 is 0 Å². The number of ether oxygens (including phenoxy) is 1. The van der Waals surface area contributed by atoms with Gasteiger partial charge >= 0.3 is 0 Å². The van der Waals surface area contributed by atoms with E-state index >= 15 is 0 Å². The number of benzene rings is 1. The number of quaternary nitrogens is 1. The van der Waals surface area contributed by atoms with Crippen molar-refractivity contribution in [2.75, 3.05) is 49.2 Å². The number of halogens is 2. The van der Waals surface area contributed by atoms with Gasteiger partial charge < -0.3 is 15.0 Å². The molecule has 0 atom stereocenters. The number of rotatable bonds is 7. The number of thioether (sulfide) groups is 1. The molecule has 1 aromatic carbocycles. The third kappa shape index (κ3) is 6.57. The van der Waals surface area contributed by atoms with E-state index in [1.807, 2.05) is 0 Å². The van der Waals surface area contributed by atoms with Gasteiger partial charge in [-0.25, -0.2) is 0 Å². The molecule has 12 heteroatoms. The maximum absolute atomic E-state index is 12.1. The van der Waals surface area contributed by atoms with E-state index in [1.165, 1.54) is 28.0 Å². The Morgan fingerprint density at radius 2 is 1.93 bits per heavy atom. The molecule has 0 radical (unpaired) electrons. The lowest BCUT2D eigenvalue weighted by Gasteiger charge is -2.22. The molecule has 2 heterocycles. The summed E-state index contributed by atoms with van der Waals surface area (Å²) in [6.45, 7) is 3.35. The summed E-state index contributed by atoms with van der Waals surface area (Å²) in [5.41, 5.74) is 0.566. The topological polar surface area (TPSA) is 97.7 Å². The Labute approximate surface area is 179 Å². The summed E-state index contributed by atoms with van der Waals surface area (Å²) in [4.78, 5) is 25.3. The molecule has 0 spiro atoms. The van der Waals surface area contributed by atoms with Crippen molar-refractivity contribution in [3.63, 3.8) is 0 Å². The molecule has 1 saturated heterocycles. The number of nitrogens with zero attached hydrogens (tertiary/aromatic N) is 2. The normalized spacial score (nSPS) is 14.6. The first-order valence-electron chi connectivity index (χ1n) is 8.42. The second-order valence-electron chi connectivity index (χ2n) is 5.93. The second-order valence-corrected chi connectivity index (χ2v) is 8.94. The molecule has 0 aliphatic carbocycles. The van der Waals surface area contributed by atoms with Crippen LogP contribution in [-0.4, -0.2) is 60.6 Å². The first-order valence-corrected chi connectivity index (χ1v) is 11.0. The minimum Gasteiger partial charge on any atom is -0.370 e. The van der Waals surface area contributed by atoms with Crippen molar-refractivity contribution < 1.29 is 19.2 Å². The number of hydrogen-bond donors (Lipinski definition) is 3. The third-order valence-electron chi connectivity index (χ3n) is 3.79. The Balaban J connectivity index is 1.42. The van der Waals surface area contributed by atoms with Crippen LogP contribution in [0.15, 0.2) is 22.5 Å². The minimum atomic E-state index is -0.208. The molecule has 150 valence electrons. The number of anilines is 2. The van der Waals surface area contributed by atoms with E-state index in [0.717, 1.165) is 13.1 Å². The fourth-order valence-electron chi connectivity index (χ4n) is 2.44. The van der Waals surface area contributed by atoms with Crippen LogP contribution in [0.25, 0.3) is 0 Å². The van der Waals surface area contributed by atoms with Crippen LogP contribution in [0, 0.1) is 0 Å². The highest BCUT2D eigenvalue weighted by molar-refractivity contribution is 8.01. The standard InChI is InChI=1S/C16H17Cl2N5O3S2/c17-11-2-1-10(7-12(11)18)19-14(25)9-27-16-22-21-15(28-16)20-13(24)8-23-3-5-26-6-4-23/h1-2,7H,3-6,8-9H2,(H,19,25)(H,20,21,24)/p+1. The number of hydrogen-bond acceptors (Lipinski definition) is 7. The lowest BCUT2D eigenvalue weighted by Crippen LogP contribution is -3.15. The Kier molecular flexibility index (Phi) is 7.89. The smallest absolute Gasteiger partial charge is 0.281 e. The van der Waals surface area contributed by atoms with Crippen molar-refractivity contribution in [2.24, 2.45) is 0 Å². The highest BCUT2D eigenvalue weighted by Crippen LogP contribution is 2.27. The zero-order valence-electron chi connectivity index (χ0n) is 14.7. The van der Waals surface area contributed by atoms with Gasteiger partial charge in [0.1, 0.15) is 13.1 Å². The molecule has 0 bridgehead atoms. The van der Waals surface area contributed by atoms with Crippen LogP contribution < -0.4 is 15.5 Å². The van der Waals surface area contributed by atoms with Gasteiger partial charge in [-0.3, -0.25) is 14.9 Å². The average molecular weight is 463 g/mol. The quantitative estimate of drug-likeness (QED) is 0.425. The molecule has 3 rings (SSSR count). The summed E-state index contributed by atoms with van der Waals surface area (Å²) >= 11 is 14.3. The first-order chi connectivity index (χ1) is 13.5. The number of morpholine rings is 1. The fraction of sp³-hybridized carbons (Fsp3) is 0.375. The number of amides is 2. The zero-order chi connectivity index (χ0) is 19.9. The average Bonchev–Trinajstić information content (AvgIpc) is 3.11. The van der Waals surface area contributed by atoms with E-state index in [0.29, 0.717) is 45.0 Å². The van der Waals surface area contributed by atoms with Gasteiger partial charge in [-0.1, -0.05) is 46.3 Å². The lowest BCUT2D eigenvalue weighted by atomic mass is 10.3. The molecule has 3 N–H and O–H groups in total. The Hall–Kier alpha value is -1.43. The van der Waals surface area contributed by atoms with Crippen molar-refractivity contribution in [1.29, 1.82) is 0 Å². The summed E-state index contributed by atoms with van der Waals surface area (Å²) in [6.07, 6.45) is 0. The predicted octanol–water partition coefficient (Wildman–Crippen LogP) is 1.43. The van der Waals surface area contributed by atoms with E-state index in [-0.39, 0.29) is 17.6 Å². The van der Waals surface area contributed by atoms with Crippen LogP contribution in [0.3, 0.4) is 0 Å². The summed E-state index contributed by atoms with van der Waals surface area (Å²) in [7, 11) is 0. The zero-order valence-corrected chi connectivity index (χ0v) is 17.8. The highest BCUT2D eigenvalue weighted by Gasteiger charge is 2.19. The molecule has 1 fully saturated rings. The Morgan fingerprint density at radius 3 is 2.68 bits per heavy atom. The van der Waals surface area contributed by atoms with E-state index in [4.69, 9.17) is 27.9 Å². The van der Waals surface area contributed by atoms with Crippen LogP contribution >= 0.6 is 46.3 Å². The molecule has 1 aliphatic heterocycles. The number of carbonyl (C=O) groups excluding carboxylic acids is 2. The van der Waals surface area contributed by atoms with Gasteiger partial charge in [-0.2, -0.15) is 0 Å². The van der Waals surface area contributed by atoms with Gasteiger partial charge in [-0.15, -0.1) is 10.2 Å². The summed E-state index contributed by atoms with van der Waals surface area (Å²) < 4.78 is 5.87. The molecule has 2 amide bonds. The predicted molar refractivity (Wildman–Crippen MR) is 111 cm³/mol. The number of carbonyl (C=O) groups is 2. The highest BCUT2D eigenvalue weighted by atomic mass is 35.5. The number of aromatic nitrogens is 2. The molecule has 1 aromatic heterocycles. The van der Waals surface area contributed by atoms with Crippen molar-refractivity contribution in [2.45, 2.75) is 4.34 Å². The van der Waals surface area contributed by atoms with Gasteiger partial charge in [0.2, 0.25) is 11.0 Å². The number of nitrogens with one attached hydrogen (secondary N) is 3. The molecule has 28 heavy (non-hydrogen) atoms. The molecule has 1 aliphatic rings. The Bertz CT molecular complexity index is 845. The molecule has 0 saturated carbocycles. The van der Waals surface area contributed by atoms with Crippen LogP contribution in [0.5, 0.6) is 0 Å². The van der Waals surface area contributed by atoms with Crippen LogP contribution in [-0.2, 0) is 14.3 Å². The SMILES string of the molecule is O=C(CSc1nnc(NC(=O)C[NH+]2CCOCC2)s1)Nc1ccc(Cl)c(Cl)c1. The minimum absolute atomic E-state index is 0.109. The molecular formula is C16H18Cl2N5O3S2+. The van der Waals surface area contributed by atoms with Crippen LogP contribution in [0.1, 0.15) is 0 Å². The van der Waals surface area contributed by atoms with E-state index in [9.17, 15) is 9.59 Å². The monoisotopic (exact) mass is 462 g/mol. The molecular weight excluding hydrogens is 445 g/mol. The van der Waals surface area contributed by atoms with Gasteiger partial charge in [-0.05, 0) is 18.2 Å². The first kappa shape index (κ1) is 21.3. The van der Waals surface area contributed by atoms with Crippen LogP contribution in [0.2, 0.25) is 10.0 Å². The van der Waals surface area contributed by atoms with Crippen LogP contribution in [0.4, 0.5) is 10.8 Å². The molecule has 0 unspecified atom stereocenters. The molecule has 8 nitrogen and oxygen atoms in total. The maximum Gasteiger partial charge on any atom is 0.281 e. The van der Waals surface area contributed by atoms with Crippen molar-refractivity contribution in [3.05, 3.63) is 28.2 Å². The van der Waals surface area contributed by atoms with Gasteiger partial charge in [0.05, 0.1) is 29.0 Å². The largest absolute Gasteiger partial charge is 0.370 e. The summed E-state index contributed by atoms with van der Waals surface area (Å²) in [5.74, 6) is -0.164. The second kappa shape index (κ2) is 10.4. The maximum atomic E-state index is 12.1. The van der Waals surface area contributed by atoms with E-state index in [1.54, 1.807) is 18.2 Å². The van der Waals surface area contributed by atoms with Gasteiger partial charge in [0.15, 0.2) is 10.9 Å².